The average Bonchev–Trinajstić information content (AvgIpc) is 2.83. The number of carbonyl (C=O) groups is 2. The van der Waals surface area contributed by atoms with E-state index in [0.717, 1.165) is 24.1 Å². The van der Waals surface area contributed by atoms with Crippen molar-refractivity contribution in [2.75, 3.05) is 10.6 Å². The minimum Gasteiger partial charge on any atom is -0.332 e. The second-order valence-electron chi connectivity index (χ2n) is 9.12. The third-order valence-corrected chi connectivity index (χ3v) is 5.79. The topological polar surface area (TPSA) is 70.2 Å². The number of alkyl halides is 3. The number of halogens is 3. The zero-order chi connectivity index (χ0) is 27.2. The molecule has 5 nitrogen and oxygen atoms in total. The van der Waals surface area contributed by atoms with Crippen LogP contribution in [0.3, 0.4) is 0 Å². The van der Waals surface area contributed by atoms with Gasteiger partial charge in [0.2, 0.25) is 5.91 Å². The first kappa shape index (κ1) is 27.9. The number of thiocarbonyl (C=S) groups is 1. The molecule has 0 fully saturated rings. The summed E-state index contributed by atoms with van der Waals surface area (Å²) in [6.45, 7) is 6.08. The lowest BCUT2D eigenvalue weighted by atomic mass is 9.96. The number of anilines is 2. The Morgan fingerprint density at radius 2 is 1.49 bits per heavy atom. The van der Waals surface area contributed by atoms with Crippen molar-refractivity contribution in [2.45, 2.75) is 39.3 Å². The van der Waals surface area contributed by atoms with Gasteiger partial charge in [-0.15, -0.1) is 0 Å². The molecule has 0 bridgehead atoms. The van der Waals surface area contributed by atoms with Crippen LogP contribution in [0.5, 0.6) is 0 Å². The first-order valence-corrected chi connectivity index (χ1v) is 12.1. The van der Waals surface area contributed by atoms with Crippen molar-refractivity contribution < 1.29 is 22.8 Å². The van der Waals surface area contributed by atoms with Gasteiger partial charge in [0.05, 0.1) is 11.5 Å². The summed E-state index contributed by atoms with van der Waals surface area (Å²) in [5.74, 6) is -0.766. The number of hydrogen-bond donors (Lipinski definition) is 3. The van der Waals surface area contributed by atoms with E-state index in [1.54, 1.807) is 19.1 Å². The molecule has 0 aliphatic heterocycles. The quantitative estimate of drug-likeness (QED) is 0.297. The van der Waals surface area contributed by atoms with E-state index in [1.165, 1.54) is 29.8 Å². The first-order chi connectivity index (χ1) is 17.4. The zero-order valence-electron chi connectivity index (χ0n) is 20.6. The summed E-state index contributed by atoms with van der Waals surface area (Å²) < 4.78 is 38.8. The molecule has 0 aliphatic carbocycles. The molecule has 3 rings (SSSR count). The molecule has 2 amide bonds. The Hall–Kier alpha value is -3.72. The summed E-state index contributed by atoms with van der Waals surface area (Å²) in [5.41, 5.74) is 1.87. The lowest BCUT2D eigenvalue weighted by Crippen LogP contribution is -2.36. The molecule has 3 aromatic carbocycles. The highest BCUT2D eigenvalue weighted by Gasteiger charge is 2.30. The molecule has 0 heterocycles. The summed E-state index contributed by atoms with van der Waals surface area (Å²) in [6, 6.07) is 18.5. The Morgan fingerprint density at radius 1 is 0.865 bits per heavy atom. The van der Waals surface area contributed by atoms with Crippen molar-refractivity contribution in [1.82, 2.24) is 5.32 Å². The fraction of sp³-hybridized carbons (Fsp3) is 0.250. The Balaban J connectivity index is 1.59. The van der Waals surface area contributed by atoms with Gasteiger partial charge in [-0.3, -0.25) is 9.59 Å². The molecule has 3 N–H and O–H groups in total. The standard InChI is InChI=1S/C28H28F3N3O2S/c1-17(2)14-19-10-12-20(13-11-19)18(3)25(35)34-27(37)33-23-8-4-6-21(15-23)26(36)32-24-9-5-7-22(16-24)28(29,30)31/h4-13,15-18H,14H2,1-3H3,(H,32,36)(H2,33,34,35,37). The molecule has 37 heavy (non-hydrogen) atoms. The van der Waals surface area contributed by atoms with Crippen LogP contribution in [0.4, 0.5) is 24.5 Å². The fourth-order valence-electron chi connectivity index (χ4n) is 3.66. The summed E-state index contributed by atoms with van der Waals surface area (Å²) in [4.78, 5) is 25.3. The van der Waals surface area contributed by atoms with Gasteiger partial charge in [0.15, 0.2) is 5.11 Å². The van der Waals surface area contributed by atoms with Gasteiger partial charge in [0, 0.05) is 16.9 Å². The Bertz CT molecular complexity index is 1270. The lowest BCUT2D eigenvalue weighted by molar-refractivity contribution is -0.137. The van der Waals surface area contributed by atoms with Crippen LogP contribution in [0.1, 0.15) is 53.7 Å². The van der Waals surface area contributed by atoms with Gasteiger partial charge in [0.25, 0.3) is 5.91 Å². The molecule has 0 spiro atoms. The van der Waals surface area contributed by atoms with Gasteiger partial charge >= 0.3 is 6.18 Å². The van der Waals surface area contributed by atoms with Crippen molar-refractivity contribution in [2.24, 2.45) is 5.92 Å². The van der Waals surface area contributed by atoms with Crippen LogP contribution in [-0.4, -0.2) is 16.9 Å². The third-order valence-electron chi connectivity index (χ3n) is 5.58. The lowest BCUT2D eigenvalue weighted by Gasteiger charge is -2.15. The van der Waals surface area contributed by atoms with Crippen molar-refractivity contribution in [3.8, 4) is 0 Å². The highest BCUT2D eigenvalue weighted by atomic mass is 32.1. The van der Waals surface area contributed by atoms with Crippen molar-refractivity contribution in [3.63, 3.8) is 0 Å². The molecule has 0 aliphatic rings. The summed E-state index contributed by atoms with van der Waals surface area (Å²) in [7, 11) is 0. The summed E-state index contributed by atoms with van der Waals surface area (Å²) >= 11 is 5.26. The molecule has 1 atom stereocenters. The van der Waals surface area contributed by atoms with E-state index >= 15 is 0 Å². The van der Waals surface area contributed by atoms with E-state index in [9.17, 15) is 22.8 Å². The Kier molecular flexibility index (Phi) is 9.04. The predicted molar refractivity (Wildman–Crippen MR) is 144 cm³/mol. The van der Waals surface area contributed by atoms with E-state index < -0.39 is 23.6 Å². The van der Waals surface area contributed by atoms with Crippen LogP contribution in [-0.2, 0) is 17.4 Å². The highest BCUT2D eigenvalue weighted by Crippen LogP contribution is 2.30. The molecular formula is C28H28F3N3O2S. The highest BCUT2D eigenvalue weighted by molar-refractivity contribution is 7.80. The third kappa shape index (κ3) is 8.15. The van der Waals surface area contributed by atoms with E-state index in [4.69, 9.17) is 12.2 Å². The Labute approximate surface area is 219 Å². The predicted octanol–water partition coefficient (Wildman–Crippen LogP) is 6.77. The van der Waals surface area contributed by atoms with Gasteiger partial charge in [0.1, 0.15) is 0 Å². The van der Waals surface area contributed by atoms with E-state index in [1.807, 2.05) is 24.3 Å². The van der Waals surface area contributed by atoms with Crippen LogP contribution in [0.25, 0.3) is 0 Å². The maximum absolute atomic E-state index is 12.9. The van der Waals surface area contributed by atoms with Gasteiger partial charge in [-0.1, -0.05) is 50.2 Å². The number of rotatable bonds is 7. The van der Waals surface area contributed by atoms with Crippen LogP contribution >= 0.6 is 12.2 Å². The van der Waals surface area contributed by atoms with Crippen LogP contribution in [0.15, 0.2) is 72.8 Å². The SMILES string of the molecule is CC(C)Cc1ccc(C(C)C(=O)NC(=S)Nc2cccc(C(=O)Nc3cccc(C(F)(F)F)c3)c2)cc1. The minimum absolute atomic E-state index is 0.0206. The number of amides is 2. The average molecular weight is 528 g/mol. The monoisotopic (exact) mass is 527 g/mol. The van der Waals surface area contributed by atoms with E-state index in [-0.39, 0.29) is 22.3 Å². The smallest absolute Gasteiger partial charge is 0.332 e. The Morgan fingerprint density at radius 3 is 2.11 bits per heavy atom. The molecule has 194 valence electrons. The van der Waals surface area contributed by atoms with Gasteiger partial charge < -0.3 is 16.0 Å². The minimum atomic E-state index is -4.51. The van der Waals surface area contributed by atoms with Gasteiger partial charge in [-0.2, -0.15) is 13.2 Å². The molecule has 3 aromatic rings. The number of carbonyl (C=O) groups excluding carboxylic acids is 2. The largest absolute Gasteiger partial charge is 0.416 e. The van der Waals surface area contributed by atoms with Crippen molar-refractivity contribution in [1.29, 1.82) is 0 Å². The van der Waals surface area contributed by atoms with Gasteiger partial charge in [-0.25, -0.2) is 0 Å². The second-order valence-corrected chi connectivity index (χ2v) is 9.53. The first-order valence-electron chi connectivity index (χ1n) is 11.7. The van der Waals surface area contributed by atoms with E-state index in [0.29, 0.717) is 11.6 Å². The molecule has 1 unspecified atom stereocenters. The number of benzene rings is 3. The van der Waals surface area contributed by atoms with Crippen LogP contribution in [0, 0.1) is 5.92 Å². The van der Waals surface area contributed by atoms with E-state index in [2.05, 4.69) is 29.8 Å². The van der Waals surface area contributed by atoms with Crippen molar-refractivity contribution in [3.05, 3.63) is 95.1 Å². The molecule has 9 heteroatoms. The van der Waals surface area contributed by atoms with Crippen molar-refractivity contribution >= 4 is 40.5 Å². The van der Waals surface area contributed by atoms with Gasteiger partial charge in [-0.05, 0) is 79.0 Å². The maximum atomic E-state index is 12.9. The number of nitrogens with one attached hydrogen (secondary N) is 3. The molecule has 0 saturated carbocycles. The normalized spacial score (nSPS) is 12.1. The maximum Gasteiger partial charge on any atom is 0.416 e. The molecule has 0 saturated heterocycles. The van der Waals surface area contributed by atoms with Crippen LogP contribution < -0.4 is 16.0 Å². The molecule has 0 aromatic heterocycles. The second kappa shape index (κ2) is 12.0. The number of hydrogen-bond acceptors (Lipinski definition) is 3. The zero-order valence-corrected chi connectivity index (χ0v) is 21.5. The summed E-state index contributed by atoms with van der Waals surface area (Å²) in [5, 5.41) is 8.05. The van der Waals surface area contributed by atoms with Crippen LogP contribution in [0.2, 0.25) is 0 Å². The fourth-order valence-corrected chi connectivity index (χ4v) is 3.88. The molecular weight excluding hydrogens is 499 g/mol. The molecule has 0 radical (unpaired) electrons. The summed E-state index contributed by atoms with van der Waals surface area (Å²) in [6.07, 6.45) is -3.55.